The predicted octanol–water partition coefficient (Wildman–Crippen LogP) is 2.33. The van der Waals surface area contributed by atoms with E-state index in [9.17, 15) is 4.79 Å². The fourth-order valence-electron chi connectivity index (χ4n) is 1.92. The Bertz CT molecular complexity index is 747. The summed E-state index contributed by atoms with van der Waals surface area (Å²) in [6, 6.07) is 7.34. The molecule has 7 heteroatoms. The van der Waals surface area contributed by atoms with Crippen molar-refractivity contribution in [2.45, 2.75) is 0 Å². The molecule has 0 bridgehead atoms. The fraction of sp³-hybridized carbons (Fsp3) is 0.143. The highest BCUT2D eigenvalue weighted by atomic mass is 127. The molecular weight excluding hydrogens is 385 g/mol. The molecule has 1 heterocycles. The maximum Gasteiger partial charge on any atom is 0.357 e. The van der Waals surface area contributed by atoms with E-state index in [1.165, 1.54) is 13.3 Å². The minimum atomic E-state index is -0.597. The highest BCUT2D eigenvalue weighted by Crippen LogP contribution is 2.28. The van der Waals surface area contributed by atoms with E-state index >= 15 is 0 Å². The molecule has 0 saturated heterocycles. The van der Waals surface area contributed by atoms with Gasteiger partial charge in [0.2, 0.25) is 0 Å². The van der Waals surface area contributed by atoms with Gasteiger partial charge in [0, 0.05) is 11.9 Å². The zero-order valence-corrected chi connectivity index (χ0v) is 13.5. The number of esters is 1. The van der Waals surface area contributed by atoms with Crippen molar-refractivity contribution in [1.29, 1.82) is 5.26 Å². The highest BCUT2D eigenvalue weighted by molar-refractivity contribution is 14.1. The molecule has 0 spiro atoms. The predicted molar refractivity (Wildman–Crippen MR) is 85.5 cm³/mol. The molecular formula is C14H12IN3O3. The first-order valence-electron chi connectivity index (χ1n) is 5.86. The second-order valence-electron chi connectivity index (χ2n) is 4.10. The number of nitrogens with zero attached hydrogens (tertiary/aromatic N) is 2. The number of anilines is 1. The SMILES string of the molecule is COC(=O)c1c(N)c(C#N)cn1-c1ccc(OC)c(I)c1. The van der Waals surface area contributed by atoms with Crippen molar-refractivity contribution in [2.24, 2.45) is 0 Å². The lowest BCUT2D eigenvalue weighted by Crippen LogP contribution is -2.11. The Balaban J connectivity index is 2.66. The molecule has 21 heavy (non-hydrogen) atoms. The standard InChI is InChI=1S/C14H12IN3O3/c1-20-11-4-3-9(5-10(11)15)18-7-8(6-16)12(17)13(18)14(19)21-2/h3-5,7H,17H2,1-2H3. The van der Waals surface area contributed by atoms with Crippen molar-refractivity contribution in [1.82, 2.24) is 4.57 Å². The first kappa shape index (κ1) is 15.2. The number of ether oxygens (including phenoxy) is 2. The first-order valence-corrected chi connectivity index (χ1v) is 6.94. The topological polar surface area (TPSA) is 90.3 Å². The Hall–Kier alpha value is -2.21. The van der Waals surface area contributed by atoms with Gasteiger partial charge in [0.15, 0.2) is 5.69 Å². The van der Waals surface area contributed by atoms with E-state index in [4.69, 9.17) is 20.5 Å². The summed E-state index contributed by atoms with van der Waals surface area (Å²) >= 11 is 2.13. The molecule has 1 aromatic heterocycles. The first-order chi connectivity index (χ1) is 10.0. The zero-order chi connectivity index (χ0) is 15.6. The monoisotopic (exact) mass is 397 g/mol. The molecule has 2 aromatic rings. The summed E-state index contributed by atoms with van der Waals surface area (Å²) in [6.45, 7) is 0. The van der Waals surface area contributed by atoms with Gasteiger partial charge in [-0.15, -0.1) is 0 Å². The summed E-state index contributed by atoms with van der Waals surface area (Å²) in [5.41, 5.74) is 7.00. The van der Waals surface area contributed by atoms with Crippen molar-refractivity contribution >= 4 is 34.2 Å². The molecule has 0 aliphatic heterocycles. The third kappa shape index (κ3) is 2.67. The Morgan fingerprint density at radius 2 is 2.14 bits per heavy atom. The number of nitriles is 1. The number of methoxy groups -OCH3 is 2. The van der Waals surface area contributed by atoms with E-state index in [-0.39, 0.29) is 16.9 Å². The van der Waals surface area contributed by atoms with Crippen LogP contribution in [0.3, 0.4) is 0 Å². The average molecular weight is 397 g/mol. The zero-order valence-electron chi connectivity index (χ0n) is 11.4. The second kappa shape index (κ2) is 6.05. The van der Waals surface area contributed by atoms with Crippen LogP contribution in [0.4, 0.5) is 5.69 Å². The molecule has 6 nitrogen and oxygen atoms in total. The summed E-state index contributed by atoms with van der Waals surface area (Å²) in [5, 5.41) is 9.08. The Kier molecular flexibility index (Phi) is 4.37. The minimum Gasteiger partial charge on any atom is -0.496 e. The van der Waals surface area contributed by atoms with Crippen LogP contribution >= 0.6 is 22.6 Å². The number of carbonyl (C=O) groups excluding carboxylic acids is 1. The van der Waals surface area contributed by atoms with Gasteiger partial charge in [-0.3, -0.25) is 0 Å². The maximum absolute atomic E-state index is 11.9. The van der Waals surface area contributed by atoms with E-state index in [1.807, 2.05) is 12.1 Å². The van der Waals surface area contributed by atoms with Crippen LogP contribution in [0.5, 0.6) is 5.75 Å². The van der Waals surface area contributed by atoms with E-state index in [2.05, 4.69) is 22.6 Å². The number of hydrogen-bond donors (Lipinski definition) is 1. The summed E-state index contributed by atoms with van der Waals surface area (Å²) < 4.78 is 12.3. The van der Waals surface area contributed by atoms with Crippen molar-refractivity contribution < 1.29 is 14.3 Å². The quantitative estimate of drug-likeness (QED) is 0.634. The minimum absolute atomic E-state index is 0.107. The molecule has 0 unspecified atom stereocenters. The van der Waals surface area contributed by atoms with Gasteiger partial charge in [0.1, 0.15) is 11.8 Å². The van der Waals surface area contributed by atoms with Crippen LogP contribution in [0.2, 0.25) is 0 Å². The molecule has 2 rings (SSSR count). The van der Waals surface area contributed by atoms with E-state index in [1.54, 1.807) is 23.8 Å². The van der Waals surface area contributed by atoms with Crippen molar-refractivity contribution in [3.63, 3.8) is 0 Å². The van der Waals surface area contributed by atoms with Gasteiger partial charge in [-0.2, -0.15) is 5.26 Å². The van der Waals surface area contributed by atoms with E-state index in [0.717, 1.165) is 9.32 Å². The highest BCUT2D eigenvalue weighted by Gasteiger charge is 2.21. The number of halogens is 1. The van der Waals surface area contributed by atoms with Crippen molar-refractivity contribution in [3.05, 3.63) is 39.2 Å². The number of hydrogen-bond acceptors (Lipinski definition) is 5. The third-order valence-corrected chi connectivity index (χ3v) is 3.80. The molecule has 2 N–H and O–H groups in total. The Morgan fingerprint density at radius 3 is 2.67 bits per heavy atom. The van der Waals surface area contributed by atoms with Crippen LogP contribution < -0.4 is 10.5 Å². The van der Waals surface area contributed by atoms with Gasteiger partial charge in [0.25, 0.3) is 0 Å². The van der Waals surface area contributed by atoms with E-state index in [0.29, 0.717) is 5.69 Å². The van der Waals surface area contributed by atoms with Crippen LogP contribution in [-0.4, -0.2) is 24.8 Å². The lowest BCUT2D eigenvalue weighted by atomic mass is 10.2. The molecule has 0 radical (unpaired) electrons. The number of aromatic nitrogens is 1. The molecule has 0 amide bonds. The van der Waals surface area contributed by atoms with Gasteiger partial charge in [-0.05, 0) is 40.8 Å². The van der Waals surface area contributed by atoms with Crippen LogP contribution in [-0.2, 0) is 4.74 Å². The van der Waals surface area contributed by atoms with E-state index < -0.39 is 5.97 Å². The lowest BCUT2D eigenvalue weighted by molar-refractivity contribution is 0.0593. The molecule has 0 aliphatic rings. The normalized spacial score (nSPS) is 10.0. The van der Waals surface area contributed by atoms with Gasteiger partial charge in [0.05, 0.1) is 29.0 Å². The van der Waals surface area contributed by atoms with Crippen LogP contribution in [0, 0.1) is 14.9 Å². The van der Waals surface area contributed by atoms with Crippen LogP contribution in [0.25, 0.3) is 5.69 Å². The van der Waals surface area contributed by atoms with Gasteiger partial charge in [-0.25, -0.2) is 4.79 Å². The number of nitrogen functional groups attached to an aromatic ring is 1. The Morgan fingerprint density at radius 1 is 1.43 bits per heavy atom. The summed E-state index contributed by atoms with van der Waals surface area (Å²) in [4.78, 5) is 11.9. The van der Waals surface area contributed by atoms with Crippen LogP contribution in [0.15, 0.2) is 24.4 Å². The summed E-state index contributed by atoms with van der Waals surface area (Å²) in [5.74, 6) is 0.124. The summed E-state index contributed by atoms with van der Waals surface area (Å²) in [7, 11) is 2.85. The molecule has 0 atom stereocenters. The molecule has 0 aliphatic carbocycles. The number of carbonyl (C=O) groups is 1. The Labute approximate surface area is 135 Å². The number of nitrogens with two attached hydrogens (primary N) is 1. The van der Waals surface area contributed by atoms with Crippen LogP contribution in [0.1, 0.15) is 16.1 Å². The smallest absolute Gasteiger partial charge is 0.357 e. The van der Waals surface area contributed by atoms with Crippen molar-refractivity contribution in [3.8, 4) is 17.5 Å². The van der Waals surface area contributed by atoms with Crippen molar-refractivity contribution in [2.75, 3.05) is 20.0 Å². The molecule has 108 valence electrons. The lowest BCUT2D eigenvalue weighted by Gasteiger charge is -2.10. The third-order valence-electron chi connectivity index (χ3n) is 2.96. The second-order valence-corrected chi connectivity index (χ2v) is 5.26. The summed E-state index contributed by atoms with van der Waals surface area (Å²) in [6.07, 6.45) is 1.51. The largest absolute Gasteiger partial charge is 0.496 e. The molecule has 0 fully saturated rings. The number of rotatable bonds is 3. The molecule has 1 aromatic carbocycles. The fourth-order valence-corrected chi connectivity index (χ4v) is 2.64. The van der Waals surface area contributed by atoms with Gasteiger partial charge in [-0.1, -0.05) is 0 Å². The number of benzene rings is 1. The van der Waals surface area contributed by atoms with Gasteiger partial charge >= 0.3 is 5.97 Å². The average Bonchev–Trinajstić information content (AvgIpc) is 2.83. The molecule has 0 saturated carbocycles. The van der Waals surface area contributed by atoms with Gasteiger partial charge < -0.3 is 19.8 Å². The maximum atomic E-state index is 11.9.